The van der Waals surface area contributed by atoms with Crippen molar-refractivity contribution in [3.05, 3.63) is 60.4 Å². The summed E-state index contributed by atoms with van der Waals surface area (Å²) in [4.78, 5) is 16.5. The zero-order chi connectivity index (χ0) is 17.9. The quantitative estimate of drug-likeness (QED) is 0.736. The SMILES string of the molecule is O=C(Nc1ccc(-n2cccn2)c(Cl)c1)N[C@@H]1CCC[C@@H]1n1ccnc1. The number of amides is 2. The van der Waals surface area contributed by atoms with Gasteiger partial charge in [-0.05, 0) is 43.5 Å². The van der Waals surface area contributed by atoms with E-state index in [2.05, 4.69) is 25.3 Å². The highest BCUT2D eigenvalue weighted by molar-refractivity contribution is 6.32. The van der Waals surface area contributed by atoms with Gasteiger partial charge in [0.15, 0.2) is 0 Å². The van der Waals surface area contributed by atoms with E-state index in [9.17, 15) is 4.79 Å². The van der Waals surface area contributed by atoms with Crippen LogP contribution in [0, 0.1) is 0 Å². The first-order valence-electron chi connectivity index (χ1n) is 8.55. The Labute approximate surface area is 156 Å². The summed E-state index contributed by atoms with van der Waals surface area (Å²) in [6.45, 7) is 0. The van der Waals surface area contributed by atoms with Crippen molar-refractivity contribution in [1.29, 1.82) is 0 Å². The Morgan fingerprint density at radius 2 is 2.15 bits per heavy atom. The van der Waals surface area contributed by atoms with Crippen molar-refractivity contribution in [3.8, 4) is 5.69 Å². The Kier molecular flexibility index (Phi) is 4.62. The first-order valence-corrected chi connectivity index (χ1v) is 8.93. The zero-order valence-corrected chi connectivity index (χ0v) is 14.8. The molecule has 26 heavy (non-hydrogen) atoms. The van der Waals surface area contributed by atoms with Crippen LogP contribution in [0.4, 0.5) is 10.5 Å². The molecule has 0 aliphatic heterocycles. The van der Waals surface area contributed by atoms with Gasteiger partial charge in [-0.3, -0.25) is 0 Å². The molecule has 0 bridgehead atoms. The molecule has 4 rings (SSSR count). The molecule has 8 heteroatoms. The van der Waals surface area contributed by atoms with E-state index >= 15 is 0 Å². The van der Waals surface area contributed by atoms with E-state index in [0.717, 1.165) is 24.9 Å². The predicted octanol–water partition coefficient (Wildman–Crippen LogP) is 3.64. The lowest BCUT2D eigenvalue weighted by Gasteiger charge is -2.22. The van der Waals surface area contributed by atoms with Crippen molar-refractivity contribution >= 4 is 23.3 Å². The smallest absolute Gasteiger partial charge is 0.319 e. The van der Waals surface area contributed by atoms with E-state index in [4.69, 9.17) is 11.6 Å². The van der Waals surface area contributed by atoms with Crippen LogP contribution in [0.3, 0.4) is 0 Å². The molecule has 2 N–H and O–H groups in total. The van der Waals surface area contributed by atoms with Gasteiger partial charge in [-0.2, -0.15) is 5.10 Å². The zero-order valence-electron chi connectivity index (χ0n) is 14.0. The number of nitrogens with zero attached hydrogens (tertiary/aromatic N) is 4. The number of hydrogen-bond donors (Lipinski definition) is 2. The molecule has 2 atom stereocenters. The van der Waals surface area contributed by atoms with Gasteiger partial charge in [-0.1, -0.05) is 11.6 Å². The van der Waals surface area contributed by atoms with E-state index in [0.29, 0.717) is 10.7 Å². The van der Waals surface area contributed by atoms with E-state index in [1.54, 1.807) is 29.5 Å². The number of hydrogen-bond acceptors (Lipinski definition) is 3. The number of anilines is 1. The van der Waals surface area contributed by atoms with Crippen molar-refractivity contribution in [1.82, 2.24) is 24.6 Å². The van der Waals surface area contributed by atoms with Gasteiger partial charge in [-0.15, -0.1) is 0 Å². The predicted molar refractivity (Wildman–Crippen MR) is 99.6 cm³/mol. The average molecular weight is 371 g/mol. The summed E-state index contributed by atoms with van der Waals surface area (Å²) in [6.07, 6.45) is 12.1. The highest BCUT2D eigenvalue weighted by atomic mass is 35.5. The summed E-state index contributed by atoms with van der Waals surface area (Å²) in [7, 11) is 0. The Morgan fingerprint density at radius 3 is 2.88 bits per heavy atom. The minimum atomic E-state index is -0.232. The van der Waals surface area contributed by atoms with Crippen LogP contribution in [0.15, 0.2) is 55.4 Å². The van der Waals surface area contributed by atoms with E-state index in [-0.39, 0.29) is 18.1 Å². The van der Waals surface area contributed by atoms with E-state index in [1.165, 1.54) is 0 Å². The molecule has 2 heterocycles. The summed E-state index contributed by atoms with van der Waals surface area (Å²) in [5.41, 5.74) is 1.40. The monoisotopic (exact) mass is 370 g/mol. The summed E-state index contributed by atoms with van der Waals surface area (Å²) in [5, 5.41) is 10.6. The number of urea groups is 1. The number of carbonyl (C=O) groups is 1. The lowest BCUT2D eigenvalue weighted by molar-refractivity contribution is 0.245. The fourth-order valence-electron chi connectivity index (χ4n) is 3.45. The van der Waals surface area contributed by atoms with Crippen molar-refractivity contribution in [2.75, 3.05) is 5.32 Å². The van der Waals surface area contributed by atoms with Crippen LogP contribution in [0.25, 0.3) is 5.69 Å². The van der Waals surface area contributed by atoms with Crippen LogP contribution in [0.5, 0.6) is 0 Å². The fourth-order valence-corrected chi connectivity index (χ4v) is 3.72. The van der Waals surface area contributed by atoms with Gasteiger partial charge in [0, 0.05) is 30.5 Å². The molecule has 3 aromatic rings. The van der Waals surface area contributed by atoms with Crippen LogP contribution in [-0.2, 0) is 0 Å². The first-order chi connectivity index (χ1) is 12.7. The standard InChI is InChI=1S/C18H19ClN6O/c19-14-11-13(5-6-16(14)25-9-2-7-21-25)22-18(26)23-15-3-1-4-17(15)24-10-8-20-12-24/h2,5-12,15,17H,1,3-4H2,(H2,22,23,26)/t15-,17+/m1/s1. The number of halogens is 1. The third kappa shape index (κ3) is 3.43. The Morgan fingerprint density at radius 1 is 1.23 bits per heavy atom. The third-order valence-corrected chi connectivity index (χ3v) is 4.96. The summed E-state index contributed by atoms with van der Waals surface area (Å²) in [6, 6.07) is 7.29. The molecule has 1 aliphatic carbocycles. The maximum absolute atomic E-state index is 12.4. The molecular formula is C18H19ClN6O. The van der Waals surface area contributed by atoms with Gasteiger partial charge in [0.1, 0.15) is 0 Å². The molecule has 0 unspecified atom stereocenters. The molecule has 134 valence electrons. The first kappa shape index (κ1) is 16.7. The van der Waals surface area contributed by atoms with E-state index < -0.39 is 0 Å². The minimum Gasteiger partial charge on any atom is -0.333 e. The molecule has 2 aromatic heterocycles. The molecule has 0 spiro atoms. The Hall–Kier alpha value is -2.80. The van der Waals surface area contributed by atoms with Gasteiger partial charge in [0.2, 0.25) is 0 Å². The van der Waals surface area contributed by atoms with E-state index in [1.807, 2.05) is 30.6 Å². The molecule has 0 saturated heterocycles. The van der Waals surface area contributed by atoms with Crippen LogP contribution in [-0.4, -0.2) is 31.4 Å². The van der Waals surface area contributed by atoms with Gasteiger partial charge in [0.05, 0.1) is 29.1 Å². The molecule has 1 aliphatic rings. The number of nitrogens with one attached hydrogen (secondary N) is 2. The molecule has 1 fully saturated rings. The number of imidazole rings is 1. The van der Waals surface area contributed by atoms with Gasteiger partial charge >= 0.3 is 6.03 Å². The molecule has 1 saturated carbocycles. The van der Waals surface area contributed by atoms with Crippen molar-refractivity contribution in [2.45, 2.75) is 31.3 Å². The van der Waals surface area contributed by atoms with Crippen molar-refractivity contribution in [2.24, 2.45) is 0 Å². The number of aromatic nitrogens is 4. The van der Waals surface area contributed by atoms with Crippen molar-refractivity contribution < 1.29 is 4.79 Å². The fraction of sp³-hybridized carbons (Fsp3) is 0.278. The lowest BCUT2D eigenvalue weighted by Crippen LogP contribution is -2.40. The van der Waals surface area contributed by atoms with Crippen LogP contribution in [0.2, 0.25) is 5.02 Å². The highest BCUT2D eigenvalue weighted by Crippen LogP contribution is 2.30. The topological polar surface area (TPSA) is 76.8 Å². The Bertz CT molecular complexity index is 877. The number of rotatable bonds is 4. The average Bonchev–Trinajstić information content (AvgIpc) is 3.37. The molecule has 2 amide bonds. The number of carbonyl (C=O) groups excluding carboxylic acids is 1. The van der Waals surface area contributed by atoms with Gasteiger partial charge in [-0.25, -0.2) is 14.5 Å². The lowest BCUT2D eigenvalue weighted by atomic mass is 10.2. The summed E-state index contributed by atoms with van der Waals surface area (Å²) >= 11 is 6.32. The minimum absolute atomic E-state index is 0.0861. The second-order valence-corrected chi connectivity index (χ2v) is 6.74. The third-order valence-electron chi connectivity index (χ3n) is 4.66. The normalized spacial score (nSPS) is 19.4. The number of benzene rings is 1. The maximum atomic E-state index is 12.4. The van der Waals surface area contributed by atoms with Gasteiger partial charge in [0.25, 0.3) is 0 Å². The second kappa shape index (κ2) is 7.21. The molecular weight excluding hydrogens is 352 g/mol. The maximum Gasteiger partial charge on any atom is 0.319 e. The van der Waals surface area contributed by atoms with Gasteiger partial charge < -0.3 is 15.2 Å². The van der Waals surface area contributed by atoms with Crippen LogP contribution < -0.4 is 10.6 Å². The Balaban J connectivity index is 1.41. The molecule has 0 radical (unpaired) electrons. The van der Waals surface area contributed by atoms with Crippen LogP contribution in [0.1, 0.15) is 25.3 Å². The highest BCUT2D eigenvalue weighted by Gasteiger charge is 2.29. The van der Waals surface area contributed by atoms with Crippen LogP contribution >= 0.6 is 11.6 Å². The largest absolute Gasteiger partial charge is 0.333 e. The summed E-state index contributed by atoms with van der Waals surface area (Å²) < 4.78 is 3.74. The molecule has 7 nitrogen and oxygen atoms in total. The van der Waals surface area contributed by atoms with Crippen molar-refractivity contribution in [3.63, 3.8) is 0 Å². The second-order valence-electron chi connectivity index (χ2n) is 6.33. The molecule has 1 aromatic carbocycles. The summed E-state index contributed by atoms with van der Waals surface area (Å²) in [5.74, 6) is 0.